The topological polar surface area (TPSA) is 48.7 Å². The number of hydrogen-bond donors (Lipinski definition) is 1. The highest BCUT2D eigenvalue weighted by Crippen LogP contribution is 2.27. The van der Waals surface area contributed by atoms with Crippen LogP contribution in [0.25, 0.3) is 11.0 Å². The van der Waals surface area contributed by atoms with Gasteiger partial charge in [0.1, 0.15) is 5.58 Å². The lowest BCUT2D eigenvalue weighted by atomic mass is 9.98. The van der Waals surface area contributed by atoms with Crippen molar-refractivity contribution < 1.29 is 9.21 Å². The van der Waals surface area contributed by atoms with E-state index in [0.717, 1.165) is 48.0 Å². The number of benzene rings is 1. The molecule has 5 nitrogen and oxygen atoms in total. The van der Waals surface area contributed by atoms with Gasteiger partial charge in [0.25, 0.3) is 5.91 Å². The van der Waals surface area contributed by atoms with E-state index in [1.165, 1.54) is 25.9 Å². The smallest absolute Gasteiger partial charge is 0.287 e. The molecule has 0 radical (unpaired) electrons. The Morgan fingerprint density at radius 3 is 2.70 bits per heavy atom. The number of likely N-dealkylation sites (tertiary alicyclic amines) is 2. The first kappa shape index (κ1) is 18.5. The van der Waals surface area contributed by atoms with Crippen molar-refractivity contribution in [1.82, 2.24) is 15.1 Å². The molecule has 3 heterocycles. The second kappa shape index (κ2) is 7.64. The van der Waals surface area contributed by atoms with E-state index >= 15 is 0 Å². The predicted molar refractivity (Wildman–Crippen MR) is 108 cm³/mol. The van der Waals surface area contributed by atoms with Crippen LogP contribution in [0.3, 0.4) is 0 Å². The number of nitrogens with zero attached hydrogens (tertiary/aromatic N) is 2. The van der Waals surface area contributed by atoms with Gasteiger partial charge in [-0.3, -0.25) is 9.69 Å². The Balaban J connectivity index is 1.42. The molecule has 2 aromatic rings. The van der Waals surface area contributed by atoms with Crippen LogP contribution in [-0.4, -0.2) is 61.0 Å². The van der Waals surface area contributed by atoms with E-state index in [1.807, 2.05) is 26.0 Å². The number of nitrogens with one attached hydrogen (secondary N) is 1. The van der Waals surface area contributed by atoms with E-state index < -0.39 is 0 Å². The van der Waals surface area contributed by atoms with Crippen LogP contribution < -0.4 is 5.32 Å². The van der Waals surface area contributed by atoms with Gasteiger partial charge in [-0.2, -0.15) is 0 Å². The Labute approximate surface area is 161 Å². The van der Waals surface area contributed by atoms with Gasteiger partial charge in [-0.05, 0) is 77.8 Å². The Morgan fingerprint density at radius 2 is 1.93 bits per heavy atom. The average molecular weight is 370 g/mol. The number of piperidine rings is 2. The monoisotopic (exact) mass is 369 g/mol. The molecular weight excluding hydrogens is 338 g/mol. The number of aryl methyl sites for hydroxylation is 2. The van der Waals surface area contributed by atoms with Gasteiger partial charge in [-0.1, -0.05) is 12.1 Å². The molecule has 4 rings (SSSR count). The Hall–Kier alpha value is -1.85. The number of amides is 1. The summed E-state index contributed by atoms with van der Waals surface area (Å²) in [7, 11) is 2.20. The first-order valence-electron chi connectivity index (χ1n) is 10.2. The number of rotatable bonds is 3. The molecule has 0 spiro atoms. The summed E-state index contributed by atoms with van der Waals surface area (Å²) in [5.74, 6) is 0.392. The second-order valence-corrected chi connectivity index (χ2v) is 8.40. The summed E-state index contributed by atoms with van der Waals surface area (Å²) >= 11 is 0. The maximum absolute atomic E-state index is 12.9. The zero-order chi connectivity index (χ0) is 19.0. The standard InChI is InChI=1S/C22H31N3O2/c1-15-6-7-19-16(2)21(27-20(19)13-15)22(26)23-17-5-4-10-25(14-17)18-8-11-24(3)12-9-18/h6-7,13,17-18H,4-5,8-12,14H2,1-3H3,(H,23,26)/t17-/m0/s1. The maximum Gasteiger partial charge on any atom is 0.287 e. The van der Waals surface area contributed by atoms with Crippen molar-refractivity contribution in [1.29, 1.82) is 0 Å². The summed E-state index contributed by atoms with van der Waals surface area (Å²) in [6.45, 7) is 8.48. The van der Waals surface area contributed by atoms with E-state index in [9.17, 15) is 4.79 Å². The van der Waals surface area contributed by atoms with E-state index in [4.69, 9.17) is 4.42 Å². The first-order valence-corrected chi connectivity index (χ1v) is 10.2. The van der Waals surface area contributed by atoms with Crippen LogP contribution in [0.4, 0.5) is 0 Å². The van der Waals surface area contributed by atoms with Gasteiger partial charge in [0.2, 0.25) is 0 Å². The lowest BCUT2D eigenvalue weighted by Crippen LogP contribution is -2.53. The second-order valence-electron chi connectivity index (χ2n) is 8.40. The molecule has 1 atom stereocenters. The summed E-state index contributed by atoms with van der Waals surface area (Å²) in [5.41, 5.74) is 2.88. The summed E-state index contributed by atoms with van der Waals surface area (Å²) in [5, 5.41) is 4.27. The minimum Gasteiger partial charge on any atom is -0.451 e. The normalized spacial score (nSPS) is 23.0. The van der Waals surface area contributed by atoms with Crippen molar-refractivity contribution in [3.8, 4) is 0 Å². The van der Waals surface area contributed by atoms with Crippen molar-refractivity contribution in [3.63, 3.8) is 0 Å². The van der Waals surface area contributed by atoms with Gasteiger partial charge in [-0.15, -0.1) is 0 Å². The summed E-state index contributed by atoms with van der Waals surface area (Å²) in [6.07, 6.45) is 4.67. The molecule has 0 bridgehead atoms. The molecule has 0 aliphatic carbocycles. The summed E-state index contributed by atoms with van der Waals surface area (Å²) in [6, 6.07) is 6.98. The predicted octanol–water partition coefficient (Wildman–Crippen LogP) is 3.34. The molecule has 2 fully saturated rings. The van der Waals surface area contributed by atoms with Crippen molar-refractivity contribution in [2.45, 2.75) is 51.6 Å². The minimum atomic E-state index is -0.0726. The Kier molecular flexibility index (Phi) is 5.24. The third kappa shape index (κ3) is 3.90. The SMILES string of the molecule is Cc1ccc2c(C)c(C(=O)N[C@H]3CCCN(C4CCN(C)CC4)C3)oc2c1. The highest BCUT2D eigenvalue weighted by atomic mass is 16.3. The first-order chi connectivity index (χ1) is 13.0. The van der Waals surface area contributed by atoms with E-state index in [1.54, 1.807) is 0 Å². The highest BCUT2D eigenvalue weighted by Gasteiger charge is 2.29. The molecule has 1 N–H and O–H groups in total. The molecule has 1 aromatic heterocycles. The number of fused-ring (bicyclic) bond motifs is 1. The molecule has 2 aliphatic heterocycles. The van der Waals surface area contributed by atoms with Crippen molar-refractivity contribution in [3.05, 3.63) is 35.1 Å². The average Bonchev–Trinajstić information content (AvgIpc) is 2.98. The lowest BCUT2D eigenvalue weighted by Gasteiger charge is -2.41. The Bertz CT molecular complexity index is 820. The largest absolute Gasteiger partial charge is 0.451 e. The Morgan fingerprint density at radius 1 is 1.15 bits per heavy atom. The fraction of sp³-hybridized carbons (Fsp3) is 0.591. The van der Waals surface area contributed by atoms with Crippen molar-refractivity contribution >= 4 is 16.9 Å². The molecule has 5 heteroatoms. The molecular formula is C22H31N3O2. The van der Waals surface area contributed by atoms with Crippen LogP contribution in [-0.2, 0) is 0 Å². The summed E-state index contributed by atoms with van der Waals surface area (Å²) in [4.78, 5) is 17.9. The number of carbonyl (C=O) groups excluding carboxylic acids is 1. The van der Waals surface area contributed by atoms with Crippen LogP contribution in [0.1, 0.15) is 47.4 Å². The van der Waals surface area contributed by atoms with Crippen molar-refractivity contribution in [2.24, 2.45) is 0 Å². The van der Waals surface area contributed by atoms with Gasteiger partial charge < -0.3 is 14.6 Å². The quantitative estimate of drug-likeness (QED) is 0.901. The zero-order valence-electron chi connectivity index (χ0n) is 16.8. The molecule has 0 saturated carbocycles. The molecule has 2 saturated heterocycles. The molecule has 1 amide bonds. The van der Waals surface area contributed by atoms with Gasteiger partial charge in [0.05, 0.1) is 0 Å². The van der Waals surface area contributed by atoms with Crippen LogP contribution in [0.15, 0.2) is 22.6 Å². The maximum atomic E-state index is 12.9. The minimum absolute atomic E-state index is 0.0726. The van der Waals surface area contributed by atoms with E-state index in [0.29, 0.717) is 11.8 Å². The molecule has 2 aliphatic rings. The van der Waals surface area contributed by atoms with Gasteiger partial charge >= 0.3 is 0 Å². The number of hydrogen-bond acceptors (Lipinski definition) is 4. The molecule has 1 aromatic carbocycles. The fourth-order valence-corrected chi connectivity index (χ4v) is 4.62. The fourth-order valence-electron chi connectivity index (χ4n) is 4.62. The molecule has 0 unspecified atom stereocenters. The van der Waals surface area contributed by atoms with Crippen LogP contribution in [0, 0.1) is 13.8 Å². The zero-order valence-corrected chi connectivity index (χ0v) is 16.8. The van der Waals surface area contributed by atoms with E-state index in [2.05, 4.69) is 28.2 Å². The van der Waals surface area contributed by atoms with Gasteiger partial charge in [0.15, 0.2) is 5.76 Å². The van der Waals surface area contributed by atoms with Gasteiger partial charge in [-0.25, -0.2) is 0 Å². The van der Waals surface area contributed by atoms with E-state index in [-0.39, 0.29) is 11.9 Å². The lowest BCUT2D eigenvalue weighted by molar-refractivity contribution is 0.0750. The third-order valence-electron chi connectivity index (χ3n) is 6.29. The van der Waals surface area contributed by atoms with Gasteiger partial charge in [0, 0.05) is 29.6 Å². The summed E-state index contributed by atoms with van der Waals surface area (Å²) < 4.78 is 5.91. The van der Waals surface area contributed by atoms with Crippen LogP contribution in [0.5, 0.6) is 0 Å². The third-order valence-corrected chi connectivity index (χ3v) is 6.29. The molecule has 27 heavy (non-hydrogen) atoms. The number of furan rings is 1. The number of carbonyl (C=O) groups is 1. The molecule has 146 valence electrons. The van der Waals surface area contributed by atoms with Crippen LogP contribution in [0.2, 0.25) is 0 Å². The van der Waals surface area contributed by atoms with Crippen LogP contribution >= 0.6 is 0 Å². The van der Waals surface area contributed by atoms with Crippen molar-refractivity contribution in [2.75, 3.05) is 33.2 Å². The highest BCUT2D eigenvalue weighted by molar-refractivity contribution is 5.99.